The van der Waals surface area contributed by atoms with E-state index >= 15 is 0 Å². The third kappa shape index (κ3) is 4.15. The van der Waals surface area contributed by atoms with Gasteiger partial charge in [-0.3, -0.25) is 14.4 Å². The quantitative estimate of drug-likeness (QED) is 0.324. The van der Waals surface area contributed by atoms with Gasteiger partial charge in [0.15, 0.2) is 5.82 Å². The largest absolute Gasteiger partial charge is 0.336 e. The topological polar surface area (TPSA) is 63.4 Å². The number of aromatic nitrogens is 3. The third-order valence-corrected chi connectivity index (χ3v) is 8.93. The number of halogens is 2. The fourth-order valence-corrected chi connectivity index (χ4v) is 7.10. The summed E-state index contributed by atoms with van der Waals surface area (Å²) in [6.07, 6.45) is 0.730. The van der Waals surface area contributed by atoms with Gasteiger partial charge < -0.3 is 4.90 Å². The fourth-order valence-electron chi connectivity index (χ4n) is 4.65. The minimum absolute atomic E-state index is 0.0692. The average Bonchev–Trinajstić information content (AvgIpc) is 3.39. The number of hydrogen-bond donors (Lipinski definition) is 0. The van der Waals surface area contributed by atoms with E-state index in [2.05, 4.69) is 14.8 Å². The molecule has 0 fully saturated rings. The first kappa shape index (κ1) is 23.4. The number of nitrogens with zero attached hydrogens (tertiary/aromatic N) is 5. The highest BCUT2D eigenvalue weighted by atomic mass is 35.5. The molecular formula is C26H21ClFN5OS2. The molecule has 0 saturated carbocycles. The van der Waals surface area contributed by atoms with Gasteiger partial charge in [0.1, 0.15) is 23.2 Å². The second-order valence-electron chi connectivity index (χ2n) is 8.64. The van der Waals surface area contributed by atoms with E-state index in [1.54, 1.807) is 23.5 Å². The molecule has 2 aliphatic heterocycles. The third-order valence-electron chi connectivity index (χ3n) is 6.41. The van der Waals surface area contributed by atoms with Crippen LogP contribution in [-0.2, 0) is 24.3 Å². The Hall–Kier alpha value is -3.01. The lowest BCUT2D eigenvalue weighted by atomic mass is 9.95. The van der Waals surface area contributed by atoms with Crippen LogP contribution in [0.25, 0.3) is 5.00 Å². The molecule has 2 aliphatic rings. The molecule has 0 unspecified atom stereocenters. The van der Waals surface area contributed by atoms with Crippen molar-refractivity contribution in [1.82, 2.24) is 19.7 Å². The van der Waals surface area contributed by atoms with Gasteiger partial charge >= 0.3 is 0 Å². The van der Waals surface area contributed by atoms with Crippen LogP contribution in [0, 0.1) is 12.7 Å². The Bertz CT molecular complexity index is 1510. The van der Waals surface area contributed by atoms with Crippen LogP contribution >= 0.6 is 34.7 Å². The Labute approximate surface area is 220 Å². The minimum atomic E-state index is -0.280. The van der Waals surface area contributed by atoms with Crippen LogP contribution in [0.5, 0.6) is 0 Å². The summed E-state index contributed by atoms with van der Waals surface area (Å²) in [5.41, 5.74) is 4.04. The molecule has 1 amide bonds. The normalized spacial score (nSPS) is 14.5. The zero-order chi connectivity index (χ0) is 24.8. The van der Waals surface area contributed by atoms with E-state index < -0.39 is 0 Å². The molecule has 0 atom stereocenters. The SMILES string of the molecule is Cc1nnc2n1-c1sc3c(c1C(c1ccccc1Cl)=NC2)CCN(C(=O)CSc1ccc(F)cc1)C3. The van der Waals surface area contributed by atoms with E-state index in [9.17, 15) is 9.18 Å². The molecule has 0 aliphatic carbocycles. The number of thioether (sulfide) groups is 1. The number of carbonyl (C=O) groups is 1. The molecule has 2 aromatic carbocycles. The summed E-state index contributed by atoms with van der Waals surface area (Å²) in [4.78, 5) is 21.9. The summed E-state index contributed by atoms with van der Waals surface area (Å²) >= 11 is 9.71. The maximum Gasteiger partial charge on any atom is 0.233 e. The van der Waals surface area contributed by atoms with Crippen molar-refractivity contribution in [2.45, 2.75) is 31.3 Å². The second kappa shape index (κ2) is 9.46. The maximum atomic E-state index is 13.2. The van der Waals surface area contributed by atoms with Crippen LogP contribution in [0.2, 0.25) is 5.02 Å². The number of carbonyl (C=O) groups excluding carboxylic acids is 1. The van der Waals surface area contributed by atoms with E-state index in [0.29, 0.717) is 30.4 Å². The fraction of sp³-hybridized carbons (Fsp3) is 0.231. The Morgan fingerprint density at radius 1 is 1.17 bits per heavy atom. The van der Waals surface area contributed by atoms with Gasteiger partial charge in [0, 0.05) is 32.5 Å². The van der Waals surface area contributed by atoms with Crippen LogP contribution in [0.1, 0.15) is 33.2 Å². The first-order chi connectivity index (χ1) is 17.5. The van der Waals surface area contributed by atoms with Gasteiger partial charge in [0.2, 0.25) is 5.91 Å². The van der Waals surface area contributed by atoms with Gasteiger partial charge in [-0.2, -0.15) is 0 Å². The van der Waals surface area contributed by atoms with Crippen molar-refractivity contribution >= 4 is 46.3 Å². The standard InChI is InChI=1S/C26H21ClFN5OS2/c1-15-30-31-22-12-29-25(18-4-2-3-5-20(18)27)24-19-10-11-32(13-21(19)36-26(24)33(15)22)23(34)14-35-17-8-6-16(28)7-9-17/h2-9H,10-14H2,1H3. The summed E-state index contributed by atoms with van der Waals surface area (Å²) in [5, 5.41) is 10.3. The Morgan fingerprint density at radius 2 is 1.97 bits per heavy atom. The van der Waals surface area contributed by atoms with Gasteiger partial charge in [-0.05, 0) is 49.2 Å². The number of thiophene rings is 1. The van der Waals surface area contributed by atoms with Crippen LogP contribution in [0.4, 0.5) is 4.39 Å². The lowest BCUT2D eigenvalue weighted by Gasteiger charge is -2.27. The molecule has 2 aromatic heterocycles. The molecule has 6 nitrogen and oxygen atoms in total. The van der Waals surface area contributed by atoms with Crippen molar-refractivity contribution in [3.05, 3.63) is 92.6 Å². The number of rotatable bonds is 4. The molecule has 182 valence electrons. The summed E-state index contributed by atoms with van der Waals surface area (Å²) < 4.78 is 15.3. The number of aliphatic imine (C=N–C) groups is 1. The number of hydrogen-bond acceptors (Lipinski definition) is 6. The summed E-state index contributed by atoms with van der Waals surface area (Å²) in [6, 6.07) is 14.0. The van der Waals surface area contributed by atoms with Gasteiger partial charge in [-0.25, -0.2) is 4.39 Å². The number of amides is 1. The molecule has 0 radical (unpaired) electrons. The maximum absolute atomic E-state index is 13.2. The van der Waals surface area contributed by atoms with Gasteiger partial charge in [0.25, 0.3) is 0 Å². The summed E-state index contributed by atoms with van der Waals surface area (Å²) in [7, 11) is 0. The van der Waals surface area contributed by atoms with Crippen molar-refractivity contribution in [2.24, 2.45) is 4.99 Å². The monoisotopic (exact) mass is 537 g/mol. The lowest BCUT2D eigenvalue weighted by Crippen LogP contribution is -2.36. The Morgan fingerprint density at radius 3 is 2.78 bits per heavy atom. The van der Waals surface area contributed by atoms with E-state index in [0.717, 1.165) is 49.7 Å². The van der Waals surface area contributed by atoms with Gasteiger partial charge in [-0.1, -0.05) is 29.8 Å². The summed E-state index contributed by atoms with van der Waals surface area (Å²) in [6.45, 7) is 3.54. The van der Waals surface area contributed by atoms with Crippen LogP contribution in [0.3, 0.4) is 0 Å². The van der Waals surface area contributed by atoms with Crippen molar-refractivity contribution < 1.29 is 9.18 Å². The number of benzene rings is 2. The van der Waals surface area contributed by atoms with Crippen molar-refractivity contribution in [3.63, 3.8) is 0 Å². The Balaban J connectivity index is 1.34. The average molecular weight is 538 g/mol. The second-order valence-corrected chi connectivity index (χ2v) is 11.2. The smallest absolute Gasteiger partial charge is 0.233 e. The van der Waals surface area contributed by atoms with Crippen molar-refractivity contribution in [1.29, 1.82) is 0 Å². The highest BCUT2D eigenvalue weighted by Gasteiger charge is 2.33. The van der Waals surface area contributed by atoms with E-state index in [1.165, 1.54) is 29.5 Å². The van der Waals surface area contributed by atoms with E-state index in [1.807, 2.05) is 36.1 Å². The molecule has 6 rings (SSSR count). The predicted molar refractivity (Wildman–Crippen MR) is 141 cm³/mol. The summed E-state index contributed by atoms with van der Waals surface area (Å²) in [5.74, 6) is 1.70. The zero-order valence-corrected chi connectivity index (χ0v) is 21.8. The molecule has 0 N–H and O–H groups in total. The molecule has 0 saturated heterocycles. The van der Waals surface area contributed by atoms with E-state index in [-0.39, 0.29) is 11.7 Å². The molecule has 4 heterocycles. The van der Waals surface area contributed by atoms with Crippen LogP contribution < -0.4 is 0 Å². The first-order valence-corrected chi connectivity index (χ1v) is 13.7. The molecule has 4 aromatic rings. The number of aryl methyl sites for hydroxylation is 1. The van der Waals surface area contributed by atoms with Gasteiger partial charge in [0.05, 0.1) is 18.0 Å². The molecule has 0 spiro atoms. The van der Waals surface area contributed by atoms with Crippen molar-refractivity contribution in [2.75, 3.05) is 12.3 Å². The highest BCUT2D eigenvalue weighted by molar-refractivity contribution is 8.00. The zero-order valence-electron chi connectivity index (χ0n) is 19.4. The predicted octanol–water partition coefficient (Wildman–Crippen LogP) is 5.46. The van der Waals surface area contributed by atoms with Crippen LogP contribution in [-0.4, -0.2) is 43.6 Å². The molecule has 0 bridgehead atoms. The molecule has 10 heteroatoms. The first-order valence-electron chi connectivity index (χ1n) is 11.5. The van der Waals surface area contributed by atoms with Crippen LogP contribution in [0.15, 0.2) is 58.4 Å². The molecular weight excluding hydrogens is 517 g/mol. The van der Waals surface area contributed by atoms with Crippen molar-refractivity contribution in [3.8, 4) is 5.00 Å². The Kier molecular flexibility index (Phi) is 6.15. The molecule has 36 heavy (non-hydrogen) atoms. The minimum Gasteiger partial charge on any atom is -0.336 e. The van der Waals surface area contributed by atoms with E-state index in [4.69, 9.17) is 16.6 Å². The number of fused-ring (bicyclic) bond motifs is 5. The van der Waals surface area contributed by atoms with Gasteiger partial charge in [-0.15, -0.1) is 33.3 Å². The highest BCUT2D eigenvalue weighted by Crippen LogP contribution is 2.40. The lowest BCUT2D eigenvalue weighted by molar-refractivity contribution is -0.129.